The van der Waals surface area contributed by atoms with Crippen molar-refractivity contribution in [2.75, 3.05) is 5.32 Å². The predicted octanol–water partition coefficient (Wildman–Crippen LogP) is 1.76. The van der Waals surface area contributed by atoms with E-state index < -0.39 is 0 Å². The van der Waals surface area contributed by atoms with Gasteiger partial charge in [0, 0.05) is 19.8 Å². The topological polar surface area (TPSA) is 64.7 Å². The van der Waals surface area contributed by atoms with Crippen LogP contribution in [0.25, 0.3) is 0 Å². The Morgan fingerprint density at radius 2 is 2.30 bits per heavy atom. The number of hydrogen-bond acceptors (Lipinski definition) is 4. The molecule has 1 fully saturated rings. The van der Waals surface area contributed by atoms with Crippen molar-refractivity contribution in [2.45, 2.75) is 25.9 Å². The molecule has 1 N–H and O–H groups in total. The maximum absolute atomic E-state index is 12.2. The van der Waals surface area contributed by atoms with Gasteiger partial charge in [-0.3, -0.25) is 9.48 Å². The van der Waals surface area contributed by atoms with Gasteiger partial charge in [0.2, 0.25) is 0 Å². The van der Waals surface area contributed by atoms with Crippen LogP contribution in [0.5, 0.6) is 0 Å². The van der Waals surface area contributed by atoms with Crippen molar-refractivity contribution in [3.05, 3.63) is 39.0 Å². The van der Waals surface area contributed by atoms with Crippen molar-refractivity contribution in [3.63, 3.8) is 0 Å². The van der Waals surface area contributed by atoms with Crippen LogP contribution in [0.4, 0.5) is 5.69 Å². The highest BCUT2D eigenvalue weighted by molar-refractivity contribution is 9.10. The van der Waals surface area contributed by atoms with Gasteiger partial charge in [-0.1, -0.05) is 0 Å². The Morgan fingerprint density at radius 1 is 1.50 bits per heavy atom. The van der Waals surface area contributed by atoms with E-state index >= 15 is 0 Å². The number of aryl methyl sites for hydroxylation is 1. The van der Waals surface area contributed by atoms with Gasteiger partial charge in [0.1, 0.15) is 4.47 Å². The molecule has 0 radical (unpaired) electrons. The van der Waals surface area contributed by atoms with Crippen molar-refractivity contribution in [1.82, 2.24) is 19.6 Å². The van der Waals surface area contributed by atoms with Gasteiger partial charge >= 0.3 is 0 Å². The molecule has 0 aromatic carbocycles. The highest BCUT2D eigenvalue weighted by Gasteiger charge is 2.23. The fourth-order valence-corrected chi connectivity index (χ4v) is 2.45. The van der Waals surface area contributed by atoms with Gasteiger partial charge in [-0.15, -0.1) is 0 Å². The minimum atomic E-state index is -0.0806. The quantitative estimate of drug-likeness (QED) is 0.902. The van der Waals surface area contributed by atoms with Gasteiger partial charge in [0.25, 0.3) is 5.56 Å². The fourth-order valence-electron chi connectivity index (χ4n) is 2.01. The smallest absolute Gasteiger partial charge is 0.283 e. The average Bonchev–Trinajstić information content (AvgIpc) is 3.15. The summed E-state index contributed by atoms with van der Waals surface area (Å²) in [6.07, 6.45) is 5.98. The van der Waals surface area contributed by atoms with Crippen LogP contribution in [0.1, 0.15) is 18.5 Å². The number of anilines is 1. The van der Waals surface area contributed by atoms with E-state index in [0.717, 1.165) is 12.2 Å². The van der Waals surface area contributed by atoms with Gasteiger partial charge in [-0.2, -0.15) is 10.2 Å². The van der Waals surface area contributed by atoms with Gasteiger partial charge < -0.3 is 5.32 Å². The molecule has 0 bridgehead atoms. The number of nitrogens with zero attached hydrogens (tertiary/aromatic N) is 4. The van der Waals surface area contributed by atoms with Crippen LogP contribution in [0.2, 0.25) is 0 Å². The average molecular weight is 338 g/mol. The van der Waals surface area contributed by atoms with Crippen molar-refractivity contribution in [1.29, 1.82) is 0 Å². The summed E-state index contributed by atoms with van der Waals surface area (Å²) >= 11 is 3.36. The molecule has 2 aromatic heterocycles. The molecule has 3 rings (SSSR count). The lowest BCUT2D eigenvalue weighted by Gasteiger charge is -2.09. The zero-order chi connectivity index (χ0) is 14.1. The van der Waals surface area contributed by atoms with Crippen molar-refractivity contribution >= 4 is 21.6 Å². The third-order valence-electron chi connectivity index (χ3n) is 3.34. The van der Waals surface area contributed by atoms with Crippen LogP contribution in [0, 0.1) is 5.92 Å². The first-order valence-corrected chi connectivity index (χ1v) is 7.41. The van der Waals surface area contributed by atoms with E-state index in [1.807, 2.05) is 19.3 Å². The normalized spacial score (nSPS) is 14.5. The summed E-state index contributed by atoms with van der Waals surface area (Å²) in [6, 6.07) is 1.93. The lowest BCUT2D eigenvalue weighted by molar-refractivity contribution is 0.532. The molecule has 106 valence electrons. The molecule has 2 heterocycles. The number of aromatic nitrogens is 4. The van der Waals surface area contributed by atoms with Crippen LogP contribution in [-0.4, -0.2) is 19.6 Å². The lowest BCUT2D eigenvalue weighted by atomic mass is 10.4. The maximum atomic E-state index is 12.2. The van der Waals surface area contributed by atoms with Crippen LogP contribution in [0.3, 0.4) is 0 Å². The van der Waals surface area contributed by atoms with Crippen molar-refractivity contribution in [3.8, 4) is 0 Å². The van der Waals surface area contributed by atoms with Crippen LogP contribution in [-0.2, 0) is 20.1 Å². The standard InChI is InChI=1S/C13H16BrN5O/c1-18-5-4-10(17-18)6-15-11-7-16-19(8-9-2-3-9)13(20)12(11)14/h4-5,7,9,15H,2-3,6,8H2,1H3. The molecule has 0 atom stereocenters. The summed E-state index contributed by atoms with van der Waals surface area (Å²) in [5.74, 6) is 0.624. The summed E-state index contributed by atoms with van der Waals surface area (Å²) in [5, 5.41) is 11.7. The Bertz CT molecular complexity index is 674. The van der Waals surface area contributed by atoms with Crippen LogP contribution in [0.15, 0.2) is 27.7 Å². The predicted molar refractivity (Wildman–Crippen MR) is 79.5 cm³/mol. The molecule has 0 aliphatic heterocycles. The Morgan fingerprint density at radius 3 is 2.95 bits per heavy atom. The van der Waals surface area contributed by atoms with E-state index in [1.54, 1.807) is 10.9 Å². The van der Waals surface area contributed by atoms with Gasteiger partial charge in [0.15, 0.2) is 0 Å². The van der Waals surface area contributed by atoms with E-state index in [9.17, 15) is 4.79 Å². The molecule has 0 spiro atoms. The summed E-state index contributed by atoms with van der Waals surface area (Å²) in [6.45, 7) is 1.28. The summed E-state index contributed by atoms with van der Waals surface area (Å²) in [5.41, 5.74) is 1.54. The zero-order valence-electron chi connectivity index (χ0n) is 11.2. The Balaban J connectivity index is 1.73. The van der Waals surface area contributed by atoms with Crippen molar-refractivity contribution in [2.24, 2.45) is 13.0 Å². The molecule has 0 saturated heterocycles. The summed E-state index contributed by atoms with van der Waals surface area (Å²) in [7, 11) is 1.88. The van der Waals surface area contributed by atoms with Gasteiger partial charge in [-0.25, -0.2) is 4.68 Å². The van der Waals surface area contributed by atoms with Crippen molar-refractivity contribution < 1.29 is 0 Å². The molecule has 2 aromatic rings. The Kier molecular flexibility index (Phi) is 3.60. The first-order chi connectivity index (χ1) is 9.63. The molecule has 20 heavy (non-hydrogen) atoms. The first kappa shape index (κ1) is 13.4. The molecule has 0 unspecified atom stereocenters. The van der Waals surface area contributed by atoms with Crippen LogP contribution < -0.4 is 10.9 Å². The largest absolute Gasteiger partial charge is 0.377 e. The Labute approximate surface area is 124 Å². The number of rotatable bonds is 5. The third-order valence-corrected chi connectivity index (χ3v) is 4.11. The van der Waals surface area contributed by atoms with Crippen LogP contribution >= 0.6 is 15.9 Å². The molecule has 1 aliphatic rings. The second kappa shape index (κ2) is 5.40. The molecule has 7 heteroatoms. The second-order valence-electron chi connectivity index (χ2n) is 5.14. The SMILES string of the molecule is Cn1ccc(CNc2cnn(CC3CC3)c(=O)c2Br)n1. The molecule has 1 aliphatic carbocycles. The monoisotopic (exact) mass is 337 g/mol. The minimum absolute atomic E-state index is 0.0806. The summed E-state index contributed by atoms with van der Waals surface area (Å²) < 4.78 is 3.81. The first-order valence-electron chi connectivity index (χ1n) is 6.61. The third kappa shape index (κ3) is 2.92. The van der Waals surface area contributed by atoms with E-state index in [-0.39, 0.29) is 5.56 Å². The number of hydrogen-bond donors (Lipinski definition) is 1. The van der Waals surface area contributed by atoms with Gasteiger partial charge in [0.05, 0.1) is 24.1 Å². The molecule has 1 saturated carbocycles. The molecule has 0 amide bonds. The number of halogens is 1. The second-order valence-corrected chi connectivity index (χ2v) is 5.93. The summed E-state index contributed by atoms with van der Waals surface area (Å²) in [4.78, 5) is 12.2. The zero-order valence-corrected chi connectivity index (χ0v) is 12.8. The Hall–Kier alpha value is -1.63. The molecular formula is C13H16BrN5O. The minimum Gasteiger partial charge on any atom is -0.377 e. The van der Waals surface area contributed by atoms with E-state index in [2.05, 4.69) is 31.4 Å². The highest BCUT2D eigenvalue weighted by atomic mass is 79.9. The maximum Gasteiger partial charge on any atom is 0.283 e. The van der Waals surface area contributed by atoms with E-state index in [4.69, 9.17) is 0 Å². The molecule has 6 nitrogen and oxygen atoms in total. The molecular weight excluding hydrogens is 322 g/mol. The fraction of sp³-hybridized carbons (Fsp3) is 0.462. The van der Waals surface area contributed by atoms with E-state index in [1.165, 1.54) is 17.5 Å². The number of nitrogens with one attached hydrogen (secondary N) is 1. The van der Waals surface area contributed by atoms with Gasteiger partial charge in [-0.05, 0) is 40.8 Å². The lowest BCUT2D eigenvalue weighted by Crippen LogP contribution is -2.25. The van der Waals surface area contributed by atoms with E-state index in [0.29, 0.717) is 22.6 Å². The highest BCUT2D eigenvalue weighted by Crippen LogP contribution is 2.30.